The summed E-state index contributed by atoms with van der Waals surface area (Å²) in [5.41, 5.74) is 1.31. The Bertz CT molecular complexity index is 841. The van der Waals surface area contributed by atoms with Crippen LogP contribution in [-0.4, -0.2) is 23.9 Å². The predicted octanol–water partition coefficient (Wildman–Crippen LogP) is 2.53. The van der Waals surface area contributed by atoms with Crippen LogP contribution in [0.25, 0.3) is 0 Å². The van der Waals surface area contributed by atoms with Crippen molar-refractivity contribution in [2.75, 3.05) is 14.2 Å². The molecule has 1 N–H and O–H groups in total. The molecule has 0 radical (unpaired) electrons. The zero-order chi connectivity index (χ0) is 17.6. The molecule has 0 aliphatic heterocycles. The molecule has 0 amide bonds. The number of benzene rings is 1. The van der Waals surface area contributed by atoms with Crippen molar-refractivity contribution in [2.45, 2.75) is 19.8 Å². The molecule has 0 spiro atoms. The van der Waals surface area contributed by atoms with Gasteiger partial charge in [0.25, 0.3) is 10.7 Å². The van der Waals surface area contributed by atoms with E-state index in [9.17, 15) is 0 Å². The fraction of sp³-hybridized carbons (Fsp3) is 0.294. The minimum Gasteiger partial charge on any atom is -0.497 e. The Morgan fingerprint density at radius 1 is 1.24 bits per heavy atom. The maximum atomic E-state index is 5.67. The lowest BCUT2D eigenvalue weighted by Crippen LogP contribution is -3.06. The summed E-state index contributed by atoms with van der Waals surface area (Å²) in [6, 6.07) is 9.48. The van der Waals surface area contributed by atoms with Crippen LogP contribution in [-0.2, 0) is 19.8 Å². The van der Waals surface area contributed by atoms with Crippen LogP contribution in [0.5, 0.6) is 11.5 Å². The van der Waals surface area contributed by atoms with Gasteiger partial charge in [0.15, 0.2) is 13.3 Å². The number of quaternary nitrogens is 1. The minimum absolute atomic E-state index is 0.229. The second-order valence-corrected chi connectivity index (χ2v) is 6.78. The lowest BCUT2D eigenvalue weighted by Gasteiger charge is -2.12. The van der Waals surface area contributed by atoms with Gasteiger partial charge in [0.1, 0.15) is 18.0 Å². The average Bonchev–Trinajstić information content (AvgIpc) is 3.23. The van der Waals surface area contributed by atoms with Crippen molar-refractivity contribution < 1.29 is 18.8 Å². The van der Waals surface area contributed by atoms with E-state index in [0.717, 1.165) is 18.0 Å². The van der Waals surface area contributed by atoms with Crippen molar-refractivity contribution in [1.82, 2.24) is 9.78 Å². The fourth-order valence-electron chi connectivity index (χ4n) is 2.38. The molecule has 0 bridgehead atoms. The van der Waals surface area contributed by atoms with Crippen LogP contribution in [0.4, 0.5) is 0 Å². The fourth-order valence-corrected chi connectivity index (χ4v) is 3.25. The molecule has 3 rings (SSSR count). The van der Waals surface area contributed by atoms with Gasteiger partial charge in [-0.1, -0.05) is 0 Å². The Kier molecular flexibility index (Phi) is 5.85. The van der Waals surface area contributed by atoms with E-state index in [-0.39, 0.29) is 6.61 Å². The van der Waals surface area contributed by atoms with Gasteiger partial charge in [-0.15, -0.1) is 5.10 Å². The van der Waals surface area contributed by atoms with E-state index in [4.69, 9.17) is 26.1 Å². The summed E-state index contributed by atoms with van der Waals surface area (Å²) < 4.78 is 18.0. The summed E-state index contributed by atoms with van der Waals surface area (Å²) >= 11 is 6.96. The van der Waals surface area contributed by atoms with E-state index in [1.165, 1.54) is 10.5 Å². The smallest absolute Gasteiger partial charge is 0.291 e. The molecule has 0 saturated heterocycles. The molecular weight excluding hydrogens is 358 g/mol. The number of hydrogen-bond donors (Lipinski definition) is 1. The van der Waals surface area contributed by atoms with Crippen LogP contribution in [0.15, 0.2) is 45.5 Å². The summed E-state index contributed by atoms with van der Waals surface area (Å²) in [6.07, 6.45) is 0. The van der Waals surface area contributed by atoms with Gasteiger partial charge in [0.05, 0.1) is 14.2 Å². The molecule has 0 aliphatic rings. The zero-order valence-electron chi connectivity index (χ0n) is 14.1. The molecule has 8 heteroatoms. The lowest BCUT2D eigenvalue weighted by molar-refractivity contribution is -0.917. The molecule has 6 nitrogen and oxygen atoms in total. The Hall–Kier alpha value is -2.16. The van der Waals surface area contributed by atoms with Gasteiger partial charge in [-0.25, -0.2) is 0 Å². The van der Waals surface area contributed by atoms with E-state index in [2.05, 4.69) is 29.0 Å². The third kappa shape index (κ3) is 4.91. The second-order valence-electron chi connectivity index (χ2n) is 5.65. The van der Waals surface area contributed by atoms with Crippen molar-refractivity contribution in [1.29, 1.82) is 0 Å². The number of thiophene rings is 1. The van der Waals surface area contributed by atoms with Crippen LogP contribution in [0.1, 0.15) is 11.5 Å². The van der Waals surface area contributed by atoms with Crippen LogP contribution in [0.2, 0.25) is 0 Å². The molecule has 0 fully saturated rings. The van der Waals surface area contributed by atoms with Crippen molar-refractivity contribution in [3.05, 3.63) is 57.4 Å². The number of nitrogens with one attached hydrogen (secondary N) is 1. The highest BCUT2D eigenvalue weighted by Gasteiger charge is 2.11. The highest BCUT2D eigenvalue weighted by atomic mass is 32.1. The first-order chi connectivity index (χ1) is 12.1. The Morgan fingerprint density at radius 3 is 2.68 bits per heavy atom. The molecule has 0 saturated carbocycles. The number of nitrogens with zero attached hydrogens (tertiary/aromatic N) is 2. The first kappa shape index (κ1) is 17.7. The van der Waals surface area contributed by atoms with Crippen LogP contribution < -0.4 is 14.4 Å². The third-order valence-electron chi connectivity index (χ3n) is 3.58. The van der Waals surface area contributed by atoms with E-state index < -0.39 is 0 Å². The lowest BCUT2D eigenvalue weighted by atomic mass is 10.3. The Morgan fingerprint density at radius 2 is 2.00 bits per heavy atom. The van der Waals surface area contributed by atoms with Crippen molar-refractivity contribution in [2.24, 2.45) is 0 Å². The maximum Gasteiger partial charge on any atom is 0.291 e. The molecule has 132 valence electrons. The normalized spacial score (nSPS) is 12.1. The summed E-state index contributed by atoms with van der Waals surface area (Å²) in [4.78, 5) is 1.63. The Balaban J connectivity index is 1.56. The van der Waals surface area contributed by atoms with Gasteiger partial charge in [-0.3, -0.25) is 0 Å². The van der Waals surface area contributed by atoms with Gasteiger partial charge in [0, 0.05) is 5.56 Å². The number of ether oxygens (including phenoxy) is 2. The highest BCUT2D eigenvalue weighted by Crippen LogP contribution is 2.18. The number of aromatic nitrogens is 2. The first-order valence-corrected chi connectivity index (χ1v) is 9.15. The van der Waals surface area contributed by atoms with Crippen molar-refractivity contribution in [3.63, 3.8) is 0 Å². The quantitative estimate of drug-likeness (QED) is 0.611. The largest absolute Gasteiger partial charge is 0.497 e. The van der Waals surface area contributed by atoms with Gasteiger partial charge >= 0.3 is 0 Å². The number of rotatable bonds is 8. The van der Waals surface area contributed by atoms with Gasteiger partial charge in [-0.2, -0.15) is 16.0 Å². The molecule has 2 heterocycles. The first-order valence-electron chi connectivity index (χ1n) is 7.80. The van der Waals surface area contributed by atoms with E-state index in [0.29, 0.717) is 17.4 Å². The van der Waals surface area contributed by atoms with E-state index in [1.807, 2.05) is 24.3 Å². The third-order valence-corrected chi connectivity index (χ3v) is 4.60. The van der Waals surface area contributed by atoms with Crippen molar-refractivity contribution in [3.8, 4) is 11.5 Å². The van der Waals surface area contributed by atoms with Crippen LogP contribution in [0, 0.1) is 4.84 Å². The van der Waals surface area contributed by atoms with E-state index in [1.54, 1.807) is 23.1 Å². The highest BCUT2D eigenvalue weighted by molar-refractivity contribution is 7.71. The standard InChI is InChI=1S/C17H19N3O3S2/c1-19(9-13-7-8-25-11-13)12-20-17(24)23-16(18-20)10-22-15-5-3-14(21-2)4-6-15/h3-8,11H,9-10,12H2,1-2H3/p+1. The van der Waals surface area contributed by atoms with E-state index >= 15 is 0 Å². The summed E-state index contributed by atoms with van der Waals surface area (Å²) in [6.45, 7) is 1.78. The molecule has 1 aromatic carbocycles. The van der Waals surface area contributed by atoms with Gasteiger partial charge in [-0.05, 0) is 53.3 Å². The molecular formula is C17H20N3O3S2+. The Labute approximate surface area is 155 Å². The minimum atomic E-state index is 0.229. The summed E-state index contributed by atoms with van der Waals surface area (Å²) in [5.74, 6) is 1.96. The second kappa shape index (κ2) is 8.28. The van der Waals surface area contributed by atoms with Crippen LogP contribution >= 0.6 is 23.6 Å². The monoisotopic (exact) mass is 378 g/mol. The van der Waals surface area contributed by atoms with Gasteiger partial charge < -0.3 is 18.8 Å². The van der Waals surface area contributed by atoms with Gasteiger partial charge in [0.2, 0.25) is 0 Å². The average molecular weight is 378 g/mol. The molecule has 3 aromatic rings. The van der Waals surface area contributed by atoms with Crippen LogP contribution in [0.3, 0.4) is 0 Å². The number of methoxy groups -OCH3 is 1. The van der Waals surface area contributed by atoms with Crippen molar-refractivity contribution >= 4 is 23.6 Å². The topological polar surface area (TPSA) is 53.9 Å². The maximum absolute atomic E-state index is 5.67. The summed E-state index contributed by atoms with van der Waals surface area (Å²) in [5, 5.41) is 8.64. The summed E-state index contributed by atoms with van der Waals surface area (Å²) in [7, 11) is 3.73. The SMILES string of the molecule is COc1ccc(OCc2nn(C[NH+](C)Cc3ccsc3)c(=S)o2)cc1. The molecule has 0 aliphatic carbocycles. The molecule has 2 aromatic heterocycles. The number of hydrogen-bond acceptors (Lipinski definition) is 6. The molecule has 1 unspecified atom stereocenters. The zero-order valence-corrected chi connectivity index (χ0v) is 15.7. The predicted molar refractivity (Wildman–Crippen MR) is 97.6 cm³/mol. The molecule has 1 atom stereocenters. The molecule has 25 heavy (non-hydrogen) atoms.